The maximum atomic E-state index is 14.6. The number of halogens is 1. The van der Waals surface area contributed by atoms with Gasteiger partial charge in [-0.25, -0.2) is 4.39 Å². The number of piperidine rings is 1. The number of carbonyl (C=O) groups excluding carboxylic acids is 3. The van der Waals surface area contributed by atoms with Crippen LogP contribution in [0.25, 0.3) is 0 Å². The number of hydrogen-bond donors (Lipinski definition) is 2. The third-order valence-corrected chi connectivity index (χ3v) is 7.65. The summed E-state index contributed by atoms with van der Waals surface area (Å²) in [4.78, 5) is 40.2. The van der Waals surface area contributed by atoms with E-state index in [2.05, 4.69) is 10.6 Å². The van der Waals surface area contributed by atoms with Gasteiger partial charge in [0, 0.05) is 37.0 Å². The summed E-state index contributed by atoms with van der Waals surface area (Å²) in [6.45, 7) is 3.42. The fourth-order valence-electron chi connectivity index (χ4n) is 5.46. The molecule has 6 nitrogen and oxygen atoms in total. The Morgan fingerprint density at radius 1 is 1.03 bits per heavy atom. The predicted molar refractivity (Wildman–Crippen MR) is 129 cm³/mol. The van der Waals surface area contributed by atoms with Crippen molar-refractivity contribution in [1.82, 2.24) is 15.5 Å². The van der Waals surface area contributed by atoms with Crippen LogP contribution in [-0.2, 0) is 9.59 Å². The minimum atomic E-state index is -0.508. The van der Waals surface area contributed by atoms with Gasteiger partial charge in [-0.05, 0) is 68.2 Å². The van der Waals surface area contributed by atoms with Crippen molar-refractivity contribution in [2.75, 3.05) is 19.6 Å². The van der Waals surface area contributed by atoms with Gasteiger partial charge in [0.1, 0.15) is 5.82 Å². The number of carbonyl (C=O) groups is 3. The van der Waals surface area contributed by atoms with Crippen LogP contribution < -0.4 is 10.6 Å². The summed E-state index contributed by atoms with van der Waals surface area (Å²) in [5, 5.41) is 6.21. The van der Waals surface area contributed by atoms with Crippen LogP contribution in [0.4, 0.5) is 4.39 Å². The number of nitrogens with one attached hydrogen (secondary N) is 2. The molecule has 1 heterocycles. The van der Waals surface area contributed by atoms with E-state index in [1.54, 1.807) is 6.07 Å². The second-order valence-electron chi connectivity index (χ2n) is 10.3. The van der Waals surface area contributed by atoms with Gasteiger partial charge in [0.15, 0.2) is 5.78 Å². The zero-order valence-corrected chi connectivity index (χ0v) is 20.3. The molecule has 2 N–H and O–H groups in total. The van der Waals surface area contributed by atoms with Gasteiger partial charge in [0.05, 0.1) is 12.6 Å². The molecule has 0 spiro atoms. The normalized spacial score (nSPS) is 22.3. The van der Waals surface area contributed by atoms with Crippen LogP contribution in [0.2, 0.25) is 0 Å². The summed E-state index contributed by atoms with van der Waals surface area (Å²) in [7, 11) is 0. The lowest BCUT2D eigenvalue weighted by atomic mass is 9.81. The molecule has 1 saturated heterocycles. The van der Waals surface area contributed by atoms with E-state index in [0.717, 1.165) is 56.9 Å². The van der Waals surface area contributed by atoms with Gasteiger partial charge in [0.2, 0.25) is 5.91 Å². The number of likely N-dealkylation sites (tertiary alicyclic amines) is 1. The summed E-state index contributed by atoms with van der Waals surface area (Å²) in [5.41, 5.74) is 0.993. The van der Waals surface area contributed by atoms with Crippen molar-refractivity contribution in [3.8, 4) is 0 Å². The quantitative estimate of drug-likeness (QED) is 0.572. The monoisotopic (exact) mass is 471 g/mol. The molecule has 3 aliphatic rings. The second-order valence-corrected chi connectivity index (χ2v) is 10.3. The van der Waals surface area contributed by atoms with Gasteiger partial charge in [-0.1, -0.05) is 26.2 Å². The molecule has 2 amide bonds. The number of nitrogens with zero attached hydrogens (tertiary/aromatic N) is 1. The Balaban J connectivity index is 1.44. The van der Waals surface area contributed by atoms with E-state index < -0.39 is 17.8 Å². The lowest BCUT2D eigenvalue weighted by Gasteiger charge is -2.33. The molecule has 1 unspecified atom stereocenters. The standard InChI is InChI=1S/C27H38FN3O3/c1-2-24(32)26(18-7-4-3-5-8-18)30-27(34)21-13-20(14-22(28)15-21)19-9-6-12-31(17-19)25(33)16-29-23-10-11-23/h13-15,18-19,23,26,29H,2-12,16-17H2,1H3,(H,30,34)/t19?,26-/m1/s1. The first kappa shape index (κ1) is 24.8. The predicted octanol–water partition coefficient (Wildman–Crippen LogP) is 3.94. The van der Waals surface area contributed by atoms with Gasteiger partial charge in [-0.3, -0.25) is 14.4 Å². The van der Waals surface area contributed by atoms with E-state index >= 15 is 0 Å². The van der Waals surface area contributed by atoms with E-state index in [9.17, 15) is 18.8 Å². The molecular weight excluding hydrogens is 433 g/mol. The molecule has 2 aliphatic carbocycles. The SMILES string of the molecule is CCC(=O)[C@H](NC(=O)c1cc(F)cc(C2CCCN(C(=O)CNC3CC3)C2)c1)C1CCCCC1. The van der Waals surface area contributed by atoms with Crippen LogP contribution in [0.5, 0.6) is 0 Å². The van der Waals surface area contributed by atoms with Crippen LogP contribution in [-0.4, -0.2) is 54.2 Å². The maximum Gasteiger partial charge on any atom is 0.251 e. The smallest absolute Gasteiger partial charge is 0.251 e. The highest BCUT2D eigenvalue weighted by Crippen LogP contribution is 2.30. The maximum absolute atomic E-state index is 14.6. The second kappa shape index (κ2) is 11.4. The van der Waals surface area contributed by atoms with Crippen molar-refractivity contribution in [2.24, 2.45) is 5.92 Å². The number of rotatable bonds is 9. The number of hydrogen-bond acceptors (Lipinski definition) is 4. The van der Waals surface area contributed by atoms with Gasteiger partial charge in [-0.2, -0.15) is 0 Å². The Hall–Kier alpha value is -2.28. The minimum absolute atomic E-state index is 0.00714. The molecule has 2 saturated carbocycles. The average molecular weight is 472 g/mol. The van der Waals surface area contributed by atoms with Crippen LogP contribution in [0.1, 0.15) is 93.0 Å². The van der Waals surface area contributed by atoms with Crippen LogP contribution >= 0.6 is 0 Å². The van der Waals surface area contributed by atoms with Crippen LogP contribution in [0, 0.1) is 11.7 Å². The topological polar surface area (TPSA) is 78.5 Å². The van der Waals surface area contributed by atoms with E-state index in [0.29, 0.717) is 32.1 Å². The molecule has 0 radical (unpaired) electrons. The van der Waals surface area contributed by atoms with Crippen molar-refractivity contribution < 1.29 is 18.8 Å². The Labute approximate surface area is 202 Å². The van der Waals surface area contributed by atoms with E-state index in [-0.39, 0.29) is 29.1 Å². The highest BCUT2D eigenvalue weighted by Gasteiger charge is 2.31. The molecular formula is C27H38FN3O3. The zero-order chi connectivity index (χ0) is 24.1. The molecule has 34 heavy (non-hydrogen) atoms. The lowest BCUT2D eigenvalue weighted by Crippen LogP contribution is -2.46. The molecule has 0 aromatic heterocycles. The molecule has 7 heteroatoms. The molecule has 1 aliphatic heterocycles. The summed E-state index contributed by atoms with van der Waals surface area (Å²) in [6.07, 6.45) is 9.54. The molecule has 186 valence electrons. The van der Waals surface area contributed by atoms with Crippen LogP contribution in [0.15, 0.2) is 18.2 Å². The summed E-state index contributed by atoms with van der Waals surface area (Å²) >= 11 is 0. The lowest BCUT2D eigenvalue weighted by molar-refractivity contribution is -0.131. The first-order chi connectivity index (χ1) is 16.4. The molecule has 3 fully saturated rings. The fraction of sp³-hybridized carbons (Fsp3) is 0.667. The third kappa shape index (κ3) is 6.44. The highest BCUT2D eigenvalue weighted by molar-refractivity contribution is 5.98. The van der Waals surface area contributed by atoms with Gasteiger partial charge in [-0.15, -0.1) is 0 Å². The van der Waals surface area contributed by atoms with Crippen molar-refractivity contribution in [2.45, 2.75) is 89.1 Å². The number of amides is 2. The van der Waals surface area contributed by atoms with E-state index in [4.69, 9.17) is 0 Å². The highest BCUT2D eigenvalue weighted by atomic mass is 19.1. The Bertz CT molecular complexity index is 895. The largest absolute Gasteiger partial charge is 0.342 e. The number of benzene rings is 1. The molecule has 0 bridgehead atoms. The molecule has 1 aromatic rings. The Morgan fingerprint density at radius 3 is 2.50 bits per heavy atom. The van der Waals surface area contributed by atoms with Crippen molar-refractivity contribution in [3.05, 3.63) is 35.1 Å². The number of Topliss-reactive ketones (excluding diaryl/α,β-unsaturated/α-hetero) is 1. The summed E-state index contributed by atoms with van der Waals surface area (Å²) in [5.74, 6) is -0.585. The first-order valence-corrected chi connectivity index (χ1v) is 13.1. The van der Waals surface area contributed by atoms with Crippen molar-refractivity contribution >= 4 is 17.6 Å². The number of ketones is 1. The van der Waals surface area contributed by atoms with E-state index in [1.807, 2.05) is 11.8 Å². The summed E-state index contributed by atoms with van der Waals surface area (Å²) < 4.78 is 14.6. The van der Waals surface area contributed by atoms with Gasteiger partial charge < -0.3 is 15.5 Å². The van der Waals surface area contributed by atoms with Gasteiger partial charge in [0.25, 0.3) is 5.91 Å². The van der Waals surface area contributed by atoms with Crippen molar-refractivity contribution in [1.29, 1.82) is 0 Å². The molecule has 1 aromatic carbocycles. The zero-order valence-electron chi connectivity index (χ0n) is 20.3. The first-order valence-electron chi connectivity index (χ1n) is 13.1. The molecule has 4 rings (SSSR count). The average Bonchev–Trinajstić information content (AvgIpc) is 3.70. The van der Waals surface area contributed by atoms with Gasteiger partial charge >= 0.3 is 0 Å². The minimum Gasteiger partial charge on any atom is -0.342 e. The summed E-state index contributed by atoms with van der Waals surface area (Å²) in [6, 6.07) is 4.44. The Morgan fingerprint density at radius 2 is 1.79 bits per heavy atom. The van der Waals surface area contributed by atoms with Crippen LogP contribution in [0.3, 0.4) is 0 Å². The fourth-order valence-corrected chi connectivity index (χ4v) is 5.46. The molecule has 2 atom stereocenters. The van der Waals surface area contributed by atoms with Crippen molar-refractivity contribution in [3.63, 3.8) is 0 Å². The van der Waals surface area contributed by atoms with E-state index in [1.165, 1.54) is 18.6 Å². The Kier molecular flexibility index (Phi) is 8.35. The third-order valence-electron chi connectivity index (χ3n) is 7.65.